The molecule has 1 unspecified atom stereocenters. The zero-order valence-corrected chi connectivity index (χ0v) is 13.9. The number of hydrogen-bond donors (Lipinski definition) is 1. The molecular formula is C17H14BrN3O2. The molecular weight excluding hydrogens is 358 g/mol. The molecule has 5 nitrogen and oxygen atoms in total. The van der Waals surface area contributed by atoms with Gasteiger partial charge in [0.1, 0.15) is 0 Å². The Balaban J connectivity index is 1.80. The highest BCUT2D eigenvalue weighted by Gasteiger charge is 2.39. The number of hydrazone groups is 1. The van der Waals surface area contributed by atoms with Crippen LogP contribution in [0.3, 0.4) is 0 Å². The molecule has 2 aromatic rings. The van der Waals surface area contributed by atoms with E-state index in [0.29, 0.717) is 17.1 Å². The molecule has 1 heterocycles. The average Bonchev–Trinajstić information content (AvgIpc) is 2.83. The van der Waals surface area contributed by atoms with E-state index in [9.17, 15) is 9.59 Å². The quantitative estimate of drug-likeness (QED) is 0.840. The second-order valence-corrected chi connectivity index (χ2v) is 6.08. The first-order valence-corrected chi connectivity index (χ1v) is 7.86. The molecule has 6 heteroatoms. The summed E-state index contributed by atoms with van der Waals surface area (Å²) in [6.07, 6.45) is 0. The fraction of sp³-hybridized carbons (Fsp3) is 0.118. The standard InChI is InChI=1S/C17H14BrN3O2/c1-11-15(16(22)19-13-7-5-6-12(18)10-13)17(23)21(20-11)14-8-3-2-4-9-14/h2-10,15H,1H3,(H,19,22). The summed E-state index contributed by atoms with van der Waals surface area (Å²) in [5.74, 6) is -1.64. The predicted molar refractivity (Wildman–Crippen MR) is 93.3 cm³/mol. The lowest BCUT2D eigenvalue weighted by Crippen LogP contribution is -2.36. The summed E-state index contributed by atoms with van der Waals surface area (Å²) in [6, 6.07) is 16.3. The number of benzene rings is 2. The molecule has 3 rings (SSSR count). The van der Waals surface area contributed by atoms with E-state index in [1.54, 1.807) is 31.2 Å². The molecule has 0 radical (unpaired) electrons. The molecule has 1 atom stereocenters. The molecule has 23 heavy (non-hydrogen) atoms. The lowest BCUT2D eigenvalue weighted by Gasteiger charge is -2.14. The molecule has 0 aliphatic carbocycles. The van der Waals surface area contributed by atoms with Gasteiger partial charge < -0.3 is 5.32 Å². The van der Waals surface area contributed by atoms with Gasteiger partial charge in [-0.15, -0.1) is 0 Å². The van der Waals surface area contributed by atoms with Crippen molar-refractivity contribution in [1.29, 1.82) is 0 Å². The van der Waals surface area contributed by atoms with E-state index in [1.807, 2.05) is 30.3 Å². The zero-order chi connectivity index (χ0) is 16.4. The number of amides is 2. The number of carbonyl (C=O) groups is 2. The minimum atomic E-state index is -0.908. The first kappa shape index (κ1) is 15.4. The van der Waals surface area contributed by atoms with Gasteiger partial charge in [0.2, 0.25) is 5.91 Å². The van der Waals surface area contributed by atoms with E-state index in [-0.39, 0.29) is 11.8 Å². The van der Waals surface area contributed by atoms with Crippen molar-refractivity contribution >= 4 is 44.8 Å². The van der Waals surface area contributed by atoms with E-state index in [1.165, 1.54) is 5.01 Å². The van der Waals surface area contributed by atoms with Crippen molar-refractivity contribution in [2.24, 2.45) is 11.0 Å². The van der Waals surface area contributed by atoms with Gasteiger partial charge in [0, 0.05) is 10.2 Å². The lowest BCUT2D eigenvalue weighted by molar-refractivity contribution is -0.127. The summed E-state index contributed by atoms with van der Waals surface area (Å²) in [4.78, 5) is 25.0. The molecule has 1 aliphatic rings. The number of rotatable bonds is 3. The molecule has 0 saturated heterocycles. The highest BCUT2D eigenvalue weighted by atomic mass is 79.9. The van der Waals surface area contributed by atoms with Crippen molar-refractivity contribution in [2.75, 3.05) is 10.3 Å². The molecule has 2 amide bonds. The van der Waals surface area contributed by atoms with Gasteiger partial charge in [-0.05, 0) is 37.3 Å². The van der Waals surface area contributed by atoms with Crippen LogP contribution in [0.2, 0.25) is 0 Å². The van der Waals surface area contributed by atoms with E-state index >= 15 is 0 Å². The summed E-state index contributed by atoms with van der Waals surface area (Å²) >= 11 is 3.35. The zero-order valence-electron chi connectivity index (χ0n) is 12.4. The summed E-state index contributed by atoms with van der Waals surface area (Å²) < 4.78 is 0.851. The Morgan fingerprint density at radius 1 is 1.17 bits per heavy atom. The Labute approximate surface area is 142 Å². The third-order valence-electron chi connectivity index (χ3n) is 3.49. The van der Waals surface area contributed by atoms with Crippen LogP contribution in [0.4, 0.5) is 11.4 Å². The molecule has 0 saturated carbocycles. The molecule has 0 spiro atoms. The second kappa shape index (κ2) is 6.34. The van der Waals surface area contributed by atoms with E-state index in [2.05, 4.69) is 26.3 Å². The Bertz CT molecular complexity index is 789. The number of para-hydroxylation sites is 1. The van der Waals surface area contributed by atoms with Crippen LogP contribution in [0.25, 0.3) is 0 Å². The second-order valence-electron chi connectivity index (χ2n) is 5.16. The highest BCUT2D eigenvalue weighted by Crippen LogP contribution is 2.25. The average molecular weight is 372 g/mol. The maximum atomic E-state index is 12.6. The fourth-order valence-electron chi connectivity index (χ4n) is 2.40. The number of nitrogens with one attached hydrogen (secondary N) is 1. The number of anilines is 2. The van der Waals surface area contributed by atoms with Gasteiger partial charge in [-0.2, -0.15) is 10.1 Å². The van der Waals surface area contributed by atoms with Crippen LogP contribution in [-0.4, -0.2) is 17.5 Å². The predicted octanol–water partition coefficient (Wildman–Crippen LogP) is 3.43. The van der Waals surface area contributed by atoms with E-state index < -0.39 is 5.92 Å². The van der Waals surface area contributed by atoms with Crippen molar-refractivity contribution in [3.05, 3.63) is 59.1 Å². The molecule has 1 aliphatic heterocycles. The van der Waals surface area contributed by atoms with Crippen LogP contribution < -0.4 is 10.3 Å². The maximum Gasteiger partial charge on any atom is 0.265 e. The molecule has 0 aromatic heterocycles. The largest absolute Gasteiger partial charge is 0.325 e. The van der Waals surface area contributed by atoms with Crippen LogP contribution in [0.15, 0.2) is 64.2 Å². The highest BCUT2D eigenvalue weighted by molar-refractivity contribution is 9.10. The van der Waals surface area contributed by atoms with Crippen LogP contribution in [0.1, 0.15) is 6.92 Å². The van der Waals surface area contributed by atoms with E-state index in [4.69, 9.17) is 0 Å². The van der Waals surface area contributed by atoms with Gasteiger partial charge in [0.05, 0.1) is 11.4 Å². The van der Waals surface area contributed by atoms with Crippen molar-refractivity contribution < 1.29 is 9.59 Å². The third-order valence-corrected chi connectivity index (χ3v) is 3.98. The van der Waals surface area contributed by atoms with Crippen LogP contribution >= 0.6 is 15.9 Å². The van der Waals surface area contributed by atoms with Gasteiger partial charge in [0.25, 0.3) is 5.91 Å². The molecule has 0 bridgehead atoms. The molecule has 2 aromatic carbocycles. The summed E-state index contributed by atoms with van der Waals surface area (Å²) in [7, 11) is 0. The van der Waals surface area contributed by atoms with Crippen LogP contribution in [0, 0.1) is 5.92 Å². The minimum absolute atomic E-state index is 0.346. The van der Waals surface area contributed by atoms with Gasteiger partial charge in [-0.1, -0.05) is 40.2 Å². The maximum absolute atomic E-state index is 12.6. The third kappa shape index (κ3) is 3.17. The number of nitrogens with zero attached hydrogens (tertiary/aromatic N) is 2. The first-order chi connectivity index (χ1) is 11.1. The topological polar surface area (TPSA) is 61.8 Å². The van der Waals surface area contributed by atoms with Gasteiger partial charge in [-0.3, -0.25) is 9.59 Å². The number of halogens is 1. The van der Waals surface area contributed by atoms with Gasteiger partial charge in [-0.25, -0.2) is 0 Å². The van der Waals surface area contributed by atoms with Gasteiger partial charge >= 0.3 is 0 Å². The smallest absolute Gasteiger partial charge is 0.265 e. The molecule has 1 N–H and O–H groups in total. The fourth-order valence-corrected chi connectivity index (χ4v) is 2.80. The van der Waals surface area contributed by atoms with Crippen LogP contribution in [-0.2, 0) is 9.59 Å². The minimum Gasteiger partial charge on any atom is -0.325 e. The van der Waals surface area contributed by atoms with Crippen molar-refractivity contribution in [2.45, 2.75) is 6.92 Å². The molecule has 0 fully saturated rings. The monoisotopic (exact) mass is 371 g/mol. The summed E-state index contributed by atoms with van der Waals surface area (Å²) in [6.45, 7) is 1.69. The van der Waals surface area contributed by atoms with Crippen molar-refractivity contribution in [1.82, 2.24) is 0 Å². The Kier molecular flexibility index (Phi) is 4.25. The van der Waals surface area contributed by atoms with Gasteiger partial charge in [0.15, 0.2) is 5.92 Å². The Morgan fingerprint density at radius 3 is 2.61 bits per heavy atom. The van der Waals surface area contributed by atoms with Crippen molar-refractivity contribution in [3.63, 3.8) is 0 Å². The summed E-state index contributed by atoms with van der Waals surface area (Å²) in [5, 5.41) is 8.27. The summed E-state index contributed by atoms with van der Waals surface area (Å²) in [5.41, 5.74) is 1.75. The SMILES string of the molecule is CC1=NN(c2ccccc2)C(=O)C1C(=O)Nc1cccc(Br)c1. The lowest BCUT2D eigenvalue weighted by atomic mass is 10.0. The number of hydrogen-bond acceptors (Lipinski definition) is 3. The van der Waals surface area contributed by atoms with E-state index in [0.717, 1.165) is 4.47 Å². The van der Waals surface area contributed by atoms with Crippen LogP contribution in [0.5, 0.6) is 0 Å². The number of carbonyl (C=O) groups excluding carboxylic acids is 2. The molecule has 116 valence electrons. The Morgan fingerprint density at radius 2 is 1.91 bits per heavy atom. The first-order valence-electron chi connectivity index (χ1n) is 7.07. The van der Waals surface area contributed by atoms with Crippen molar-refractivity contribution in [3.8, 4) is 0 Å². The Hall–Kier alpha value is -2.47. The normalized spacial score (nSPS) is 17.1.